The molecule has 0 aliphatic rings. The third-order valence-corrected chi connectivity index (χ3v) is 3.64. The molecular weight excluding hydrogens is 285 g/mol. The maximum absolute atomic E-state index is 12.8. The number of nitrogens with two attached hydrogens (primary N) is 1. The largest absolute Gasteiger partial charge is 0.433 e. The van der Waals surface area contributed by atoms with Crippen molar-refractivity contribution in [3.8, 4) is 0 Å². The number of aromatic nitrogens is 1. The Hall–Kier alpha value is -1.99. The van der Waals surface area contributed by atoms with Crippen molar-refractivity contribution in [2.24, 2.45) is 10.9 Å². The van der Waals surface area contributed by atoms with Gasteiger partial charge in [0.05, 0.1) is 5.56 Å². The van der Waals surface area contributed by atoms with E-state index in [1.165, 1.54) is 0 Å². The highest BCUT2D eigenvalue weighted by atomic mass is 19.4. The van der Waals surface area contributed by atoms with Gasteiger partial charge in [-0.2, -0.15) is 13.2 Å². The Labute approximate surface area is 121 Å². The Morgan fingerprint density at radius 3 is 2.38 bits per heavy atom. The molecule has 0 aromatic carbocycles. The van der Waals surface area contributed by atoms with Crippen molar-refractivity contribution in [1.29, 1.82) is 0 Å². The maximum atomic E-state index is 12.8. The van der Waals surface area contributed by atoms with Gasteiger partial charge in [0.1, 0.15) is 11.5 Å². The van der Waals surface area contributed by atoms with Crippen LogP contribution in [0.25, 0.3) is 0 Å². The van der Waals surface area contributed by atoms with E-state index in [0.717, 1.165) is 12.1 Å². The number of hydrogen-bond donors (Lipinski definition) is 2. The number of alkyl halides is 3. The van der Waals surface area contributed by atoms with Crippen LogP contribution >= 0.6 is 0 Å². The number of halogens is 3. The Morgan fingerprint density at radius 2 is 1.95 bits per heavy atom. The van der Waals surface area contributed by atoms with Crippen molar-refractivity contribution in [3.05, 3.63) is 23.4 Å². The molecule has 0 amide bonds. The lowest BCUT2D eigenvalue weighted by Crippen LogP contribution is -2.42. The topological polar surface area (TPSA) is 74.7 Å². The average Bonchev–Trinajstić information content (AvgIpc) is 2.43. The molecule has 0 radical (unpaired) electrons. The van der Waals surface area contributed by atoms with Crippen LogP contribution in [0.4, 0.5) is 19.0 Å². The Morgan fingerprint density at radius 1 is 1.38 bits per heavy atom. The van der Waals surface area contributed by atoms with Crippen LogP contribution in [0.3, 0.4) is 0 Å². The second-order valence-electron chi connectivity index (χ2n) is 5.28. The van der Waals surface area contributed by atoms with Gasteiger partial charge < -0.3 is 15.8 Å². The van der Waals surface area contributed by atoms with E-state index in [2.05, 4.69) is 10.1 Å². The fraction of sp³-hybridized carbons (Fsp3) is 0.538. The summed E-state index contributed by atoms with van der Waals surface area (Å²) in [6, 6.07) is 1.96. The summed E-state index contributed by atoms with van der Waals surface area (Å²) in [6.07, 6.45) is -3.88. The highest BCUT2D eigenvalue weighted by Gasteiger charge is 2.35. The minimum absolute atomic E-state index is 0.0203. The van der Waals surface area contributed by atoms with E-state index >= 15 is 0 Å². The molecule has 0 bridgehead atoms. The van der Waals surface area contributed by atoms with Gasteiger partial charge in [-0.15, -0.1) is 0 Å². The van der Waals surface area contributed by atoms with Crippen molar-refractivity contribution >= 4 is 11.7 Å². The molecule has 0 spiro atoms. The van der Waals surface area contributed by atoms with Crippen LogP contribution in [0, 0.1) is 0 Å². The Balaban J connectivity index is 3.50. The van der Waals surface area contributed by atoms with Gasteiger partial charge in [-0.05, 0) is 32.4 Å². The third kappa shape index (κ3) is 3.56. The summed E-state index contributed by atoms with van der Waals surface area (Å²) in [7, 11) is 1.63. The first kappa shape index (κ1) is 17.1. The standard InChI is InChI=1S/C13H19F3N4O/c1-5-12(2,3)20(4)11-8(10(17)19-21)6-7-9(18-11)13(14,15)16/h6-7,21H,5H2,1-4H3,(H2,17,19). The molecule has 0 unspecified atom stereocenters. The fourth-order valence-electron chi connectivity index (χ4n) is 1.64. The number of pyridine rings is 1. The van der Waals surface area contributed by atoms with Gasteiger partial charge in [0.25, 0.3) is 0 Å². The first-order chi connectivity index (χ1) is 9.54. The summed E-state index contributed by atoms with van der Waals surface area (Å²) in [5.41, 5.74) is 4.21. The van der Waals surface area contributed by atoms with Gasteiger partial charge in [0, 0.05) is 12.6 Å². The highest BCUT2D eigenvalue weighted by Crippen LogP contribution is 2.32. The molecule has 1 aromatic rings. The SMILES string of the molecule is CCC(C)(C)N(C)c1nc(C(F)(F)F)ccc1C(N)=NO. The fourth-order valence-corrected chi connectivity index (χ4v) is 1.64. The Kier molecular flexibility index (Phi) is 4.70. The van der Waals surface area contributed by atoms with Crippen LogP contribution in [0.5, 0.6) is 0 Å². The molecule has 1 rings (SSSR count). The van der Waals surface area contributed by atoms with Crippen LogP contribution in [0.15, 0.2) is 17.3 Å². The summed E-state index contributed by atoms with van der Waals surface area (Å²) in [5, 5.41) is 11.6. The van der Waals surface area contributed by atoms with Crippen LogP contribution in [-0.2, 0) is 6.18 Å². The predicted octanol–water partition coefficient (Wildman–Crippen LogP) is 2.82. The molecular formula is C13H19F3N4O. The lowest BCUT2D eigenvalue weighted by molar-refractivity contribution is -0.141. The van der Waals surface area contributed by atoms with E-state index in [0.29, 0.717) is 6.42 Å². The molecule has 0 aliphatic heterocycles. The maximum Gasteiger partial charge on any atom is 0.433 e. The summed E-state index contributed by atoms with van der Waals surface area (Å²) in [5.74, 6) is -0.267. The van der Waals surface area contributed by atoms with E-state index < -0.39 is 17.4 Å². The highest BCUT2D eigenvalue weighted by molar-refractivity contribution is 6.01. The molecule has 3 N–H and O–H groups in total. The summed E-state index contributed by atoms with van der Waals surface area (Å²) < 4.78 is 38.5. The van der Waals surface area contributed by atoms with Crippen LogP contribution in [0.2, 0.25) is 0 Å². The number of rotatable bonds is 4. The van der Waals surface area contributed by atoms with Crippen molar-refractivity contribution in [2.45, 2.75) is 38.9 Å². The molecule has 21 heavy (non-hydrogen) atoms. The molecule has 8 heteroatoms. The van der Waals surface area contributed by atoms with Crippen LogP contribution < -0.4 is 10.6 Å². The zero-order chi connectivity index (χ0) is 16.4. The minimum atomic E-state index is -4.56. The molecule has 1 heterocycles. The van der Waals surface area contributed by atoms with Crippen molar-refractivity contribution in [2.75, 3.05) is 11.9 Å². The molecule has 0 saturated carbocycles. The first-order valence-corrected chi connectivity index (χ1v) is 6.34. The summed E-state index contributed by atoms with van der Waals surface area (Å²) >= 11 is 0. The van der Waals surface area contributed by atoms with Crippen molar-refractivity contribution in [1.82, 2.24) is 4.98 Å². The molecule has 0 aliphatic carbocycles. The summed E-state index contributed by atoms with van der Waals surface area (Å²) in [4.78, 5) is 5.25. The smallest absolute Gasteiger partial charge is 0.409 e. The Bertz CT molecular complexity index is 541. The van der Waals surface area contributed by atoms with E-state index in [4.69, 9.17) is 10.9 Å². The normalized spacial score (nSPS) is 13.4. The molecule has 0 fully saturated rings. The van der Waals surface area contributed by atoms with Crippen LogP contribution in [0.1, 0.15) is 38.4 Å². The van der Waals surface area contributed by atoms with E-state index in [-0.39, 0.29) is 17.2 Å². The van der Waals surface area contributed by atoms with Crippen LogP contribution in [-0.4, -0.2) is 28.6 Å². The molecule has 0 atom stereocenters. The average molecular weight is 304 g/mol. The quantitative estimate of drug-likeness (QED) is 0.388. The second kappa shape index (κ2) is 5.79. The third-order valence-electron chi connectivity index (χ3n) is 3.64. The van der Waals surface area contributed by atoms with Gasteiger partial charge in [-0.1, -0.05) is 12.1 Å². The predicted molar refractivity (Wildman–Crippen MR) is 74.5 cm³/mol. The first-order valence-electron chi connectivity index (χ1n) is 6.34. The number of nitrogens with zero attached hydrogens (tertiary/aromatic N) is 3. The number of anilines is 1. The molecule has 0 saturated heterocycles. The van der Waals surface area contributed by atoms with Crippen molar-refractivity contribution in [3.63, 3.8) is 0 Å². The van der Waals surface area contributed by atoms with Gasteiger partial charge in [-0.3, -0.25) is 0 Å². The molecule has 118 valence electrons. The zero-order valence-electron chi connectivity index (χ0n) is 12.4. The van der Waals surface area contributed by atoms with E-state index in [9.17, 15) is 13.2 Å². The molecule has 1 aromatic heterocycles. The number of oxime groups is 1. The van der Waals surface area contributed by atoms with Gasteiger partial charge >= 0.3 is 6.18 Å². The lowest BCUT2D eigenvalue weighted by atomic mass is 9.99. The van der Waals surface area contributed by atoms with E-state index in [1.54, 1.807) is 11.9 Å². The van der Waals surface area contributed by atoms with Gasteiger partial charge in [0.2, 0.25) is 0 Å². The lowest BCUT2D eigenvalue weighted by Gasteiger charge is -2.37. The number of amidine groups is 1. The number of hydrogen-bond acceptors (Lipinski definition) is 4. The zero-order valence-corrected chi connectivity index (χ0v) is 12.4. The van der Waals surface area contributed by atoms with Gasteiger partial charge in [-0.25, -0.2) is 4.98 Å². The van der Waals surface area contributed by atoms with E-state index in [1.807, 2.05) is 20.8 Å². The second-order valence-corrected chi connectivity index (χ2v) is 5.28. The summed E-state index contributed by atoms with van der Waals surface area (Å²) in [6.45, 7) is 5.64. The minimum Gasteiger partial charge on any atom is -0.409 e. The monoisotopic (exact) mass is 304 g/mol. The van der Waals surface area contributed by atoms with Gasteiger partial charge in [0.15, 0.2) is 5.84 Å². The molecule has 5 nitrogen and oxygen atoms in total. The van der Waals surface area contributed by atoms with Crippen molar-refractivity contribution < 1.29 is 18.4 Å².